The molecule has 2 rings (SSSR count). The van der Waals surface area contributed by atoms with Crippen LogP contribution in [0.15, 0.2) is 48.5 Å². The van der Waals surface area contributed by atoms with Crippen molar-refractivity contribution in [1.29, 1.82) is 0 Å². The average molecular weight is 358 g/mol. The molecule has 0 aliphatic heterocycles. The largest absolute Gasteiger partial charge is 0.481 e. The fraction of sp³-hybridized carbons (Fsp3) is 0.222. The highest BCUT2D eigenvalue weighted by atomic mass is 16.6. The fourth-order valence-electron chi connectivity index (χ4n) is 2.11. The van der Waals surface area contributed by atoms with Gasteiger partial charge in [-0.3, -0.25) is 14.9 Å². The number of nitrogens with one attached hydrogen (secondary N) is 1. The molecule has 26 heavy (non-hydrogen) atoms. The molecule has 2 aromatic rings. The molecule has 2 aromatic carbocycles. The molecule has 1 amide bonds. The van der Waals surface area contributed by atoms with Crippen LogP contribution in [-0.4, -0.2) is 29.5 Å². The third kappa shape index (κ3) is 4.79. The standard InChI is InChI=1S/C18H18N2O6/c1-3-25-18(22)13-8-10-14(11-9-13)26-12(2)17(21)19-15-6-4-5-7-16(15)20(23)24/h4-12H,3H2,1-2H3,(H,19,21)/t12-/m1/s1. The van der Waals surface area contributed by atoms with Gasteiger partial charge in [-0.05, 0) is 44.2 Å². The Morgan fingerprint density at radius 3 is 2.42 bits per heavy atom. The minimum atomic E-state index is -0.900. The highest BCUT2D eigenvalue weighted by Crippen LogP contribution is 2.23. The molecule has 0 aliphatic carbocycles. The van der Waals surface area contributed by atoms with E-state index in [0.717, 1.165) is 0 Å². The molecule has 0 radical (unpaired) electrons. The number of nitro groups is 1. The van der Waals surface area contributed by atoms with Crippen LogP contribution in [0.3, 0.4) is 0 Å². The molecule has 0 spiro atoms. The molecule has 0 bridgehead atoms. The van der Waals surface area contributed by atoms with Crippen molar-refractivity contribution in [1.82, 2.24) is 0 Å². The molecule has 0 fully saturated rings. The van der Waals surface area contributed by atoms with Crippen molar-refractivity contribution in [2.24, 2.45) is 0 Å². The van der Waals surface area contributed by atoms with Crippen molar-refractivity contribution in [3.63, 3.8) is 0 Å². The van der Waals surface area contributed by atoms with Gasteiger partial charge in [0.05, 0.1) is 17.1 Å². The van der Waals surface area contributed by atoms with E-state index in [0.29, 0.717) is 11.3 Å². The van der Waals surface area contributed by atoms with E-state index in [1.165, 1.54) is 37.3 Å². The van der Waals surface area contributed by atoms with Gasteiger partial charge in [0, 0.05) is 6.07 Å². The number of benzene rings is 2. The van der Waals surface area contributed by atoms with Gasteiger partial charge in [-0.15, -0.1) is 0 Å². The molecule has 0 saturated heterocycles. The van der Waals surface area contributed by atoms with Crippen molar-refractivity contribution < 1.29 is 24.0 Å². The Balaban J connectivity index is 2.01. The smallest absolute Gasteiger partial charge is 0.338 e. The van der Waals surface area contributed by atoms with E-state index < -0.39 is 22.9 Å². The monoisotopic (exact) mass is 358 g/mol. The number of carbonyl (C=O) groups excluding carboxylic acids is 2. The first-order chi connectivity index (χ1) is 12.4. The van der Waals surface area contributed by atoms with E-state index >= 15 is 0 Å². The zero-order valence-electron chi connectivity index (χ0n) is 14.3. The number of anilines is 1. The molecule has 0 heterocycles. The minimum Gasteiger partial charge on any atom is -0.481 e. The SMILES string of the molecule is CCOC(=O)c1ccc(O[C@H](C)C(=O)Nc2ccccc2[N+](=O)[O-])cc1. The second-order valence-electron chi connectivity index (χ2n) is 5.27. The summed E-state index contributed by atoms with van der Waals surface area (Å²) in [5.41, 5.74) is 0.263. The second kappa shape index (κ2) is 8.61. The summed E-state index contributed by atoms with van der Waals surface area (Å²) < 4.78 is 10.4. The van der Waals surface area contributed by atoms with Gasteiger partial charge >= 0.3 is 5.97 Å². The Morgan fingerprint density at radius 2 is 1.81 bits per heavy atom. The van der Waals surface area contributed by atoms with E-state index in [-0.39, 0.29) is 18.0 Å². The summed E-state index contributed by atoms with van der Waals surface area (Å²) >= 11 is 0. The first-order valence-electron chi connectivity index (χ1n) is 7.90. The van der Waals surface area contributed by atoms with Crippen LogP contribution in [0, 0.1) is 10.1 Å². The summed E-state index contributed by atoms with van der Waals surface area (Å²) in [7, 11) is 0. The highest BCUT2D eigenvalue weighted by molar-refractivity contribution is 5.96. The fourth-order valence-corrected chi connectivity index (χ4v) is 2.11. The number of rotatable bonds is 7. The van der Waals surface area contributed by atoms with Gasteiger partial charge in [-0.2, -0.15) is 0 Å². The zero-order chi connectivity index (χ0) is 19.1. The lowest BCUT2D eigenvalue weighted by molar-refractivity contribution is -0.383. The molecule has 0 aliphatic rings. The molecular formula is C18H18N2O6. The van der Waals surface area contributed by atoms with E-state index in [1.807, 2.05) is 0 Å². The summed E-state index contributed by atoms with van der Waals surface area (Å²) in [6.07, 6.45) is -0.900. The third-order valence-corrected chi connectivity index (χ3v) is 3.41. The van der Waals surface area contributed by atoms with Gasteiger partial charge in [-0.1, -0.05) is 12.1 Å². The van der Waals surface area contributed by atoms with Crippen molar-refractivity contribution in [3.05, 3.63) is 64.2 Å². The van der Waals surface area contributed by atoms with Crippen molar-refractivity contribution in [2.75, 3.05) is 11.9 Å². The number of amides is 1. The Hall–Kier alpha value is -3.42. The summed E-state index contributed by atoms with van der Waals surface area (Å²) in [4.78, 5) is 34.2. The van der Waals surface area contributed by atoms with Crippen LogP contribution in [0.25, 0.3) is 0 Å². The average Bonchev–Trinajstić information content (AvgIpc) is 2.62. The number of nitro benzene ring substituents is 1. The summed E-state index contributed by atoms with van der Waals surface area (Å²) in [6, 6.07) is 12.0. The van der Waals surface area contributed by atoms with Crippen molar-refractivity contribution >= 4 is 23.3 Å². The molecule has 136 valence electrons. The minimum absolute atomic E-state index is 0.0932. The number of hydrogen-bond donors (Lipinski definition) is 1. The first-order valence-corrected chi connectivity index (χ1v) is 7.90. The maximum atomic E-state index is 12.2. The molecule has 8 nitrogen and oxygen atoms in total. The van der Waals surface area contributed by atoms with E-state index in [2.05, 4.69) is 5.32 Å². The lowest BCUT2D eigenvalue weighted by Gasteiger charge is -2.15. The predicted octanol–water partition coefficient (Wildman–Crippen LogP) is 3.18. The Labute approximate surface area is 149 Å². The van der Waals surface area contributed by atoms with Gasteiger partial charge in [0.25, 0.3) is 11.6 Å². The normalized spacial score (nSPS) is 11.3. The quantitative estimate of drug-likeness (QED) is 0.463. The molecule has 8 heteroatoms. The summed E-state index contributed by atoms with van der Waals surface area (Å²) in [6.45, 7) is 3.51. The maximum Gasteiger partial charge on any atom is 0.338 e. The van der Waals surface area contributed by atoms with Gasteiger partial charge in [-0.25, -0.2) is 4.79 Å². The van der Waals surface area contributed by atoms with Gasteiger partial charge < -0.3 is 14.8 Å². The topological polar surface area (TPSA) is 108 Å². The molecule has 1 N–H and O–H groups in total. The number of nitrogens with zero attached hydrogens (tertiary/aromatic N) is 1. The lowest BCUT2D eigenvalue weighted by Crippen LogP contribution is -2.30. The summed E-state index contributed by atoms with van der Waals surface area (Å²) in [5.74, 6) is -0.599. The molecular weight excluding hydrogens is 340 g/mol. The summed E-state index contributed by atoms with van der Waals surface area (Å²) in [5, 5.41) is 13.5. The van der Waals surface area contributed by atoms with Crippen LogP contribution in [0.4, 0.5) is 11.4 Å². The lowest BCUT2D eigenvalue weighted by atomic mass is 10.2. The van der Waals surface area contributed by atoms with Gasteiger partial charge in [0.1, 0.15) is 11.4 Å². The predicted molar refractivity (Wildman–Crippen MR) is 94.2 cm³/mol. The highest BCUT2D eigenvalue weighted by Gasteiger charge is 2.20. The van der Waals surface area contributed by atoms with Gasteiger partial charge in [0.2, 0.25) is 0 Å². The Bertz CT molecular complexity index is 804. The van der Waals surface area contributed by atoms with E-state index in [9.17, 15) is 19.7 Å². The maximum absolute atomic E-state index is 12.2. The Kier molecular flexibility index (Phi) is 6.26. The zero-order valence-corrected chi connectivity index (χ0v) is 14.3. The van der Waals surface area contributed by atoms with Crippen LogP contribution < -0.4 is 10.1 Å². The molecule has 0 aromatic heterocycles. The Morgan fingerprint density at radius 1 is 1.15 bits per heavy atom. The van der Waals surface area contributed by atoms with Crippen molar-refractivity contribution in [3.8, 4) is 5.75 Å². The molecule has 1 atom stereocenters. The number of para-hydroxylation sites is 2. The molecule has 0 unspecified atom stereocenters. The number of esters is 1. The first kappa shape index (κ1) is 18.9. The van der Waals surface area contributed by atoms with Crippen LogP contribution in [0.1, 0.15) is 24.2 Å². The van der Waals surface area contributed by atoms with Crippen LogP contribution in [0.5, 0.6) is 5.75 Å². The van der Waals surface area contributed by atoms with Crippen molar-refractivity contribution in [2.45, 2.75) is 20.0 Å². The second-order valence-corrected chi connectivity index (χ2v) is 5.27. The van der Waals surface area contributed by atoms with E-state index in [4.69, 9.17) is 9.47 Å². The van der Waals surface area contributed by atoms with Crippen LogP contribution in [0.2, 0.25) is 0 Å². The van der Waals surface area contributed by atoms with Crippen LogP contribution >= 0.6 is 0 Å². The van der Waals surface area contributed by atoms with Gasteiger partial charge in [0.15, 0.2) is 6.10 Å². The number of carbonyl (C=O) groups is 2. The molecule has 0 saturated carbocycles. The number of ether oxygens (including phenoxy) is 2. The third-order valence-electron chi connectivity index (χ3n) is 3.41. The van der Waals surface area contributed by atoms with E-state index in [1.54, 1.807) is 25.1 Å². The number of hydrogen-bond acceptors (Lipinski definition) is 6. The van der Waals surface area contributed by atoms with Crippen LogP contribution in [-0.2, 0) is 9.53 Å².